The minimum atomic E-state index is -3.99. The molecular weight excluding hydrogens is 434 g/mol. The molecule has 0 radical (unpaired) electrons. The first-order valence-electron chi connectivity index (χ1n) is 9.65. The Hall–Kier alpha value is -4.05. The summed E-state index contributed by atoms with van der Waals surface area (Å²) in [5, 5.41) is 5.40. The van der Waals surface area contributed by atoms with Crippen LogP contribution >= 0.6 is 0 Å². The number of fused-ring (bicyclic) bond motifs is 2. The highest BCUT2D eigenvalue weighted by atomic mass is 32.2. The summed E-state index contributed by atoms with van der Waals surface area (Å²) in [7, 11) is -3.99. The van der Waals surface area contributed by atoms with Crippen molar-refractivity contribution < 1.29 is 27.5 Å². The highest BCUT2D eigenvalue weighted by Crippen LogP contribution is 2.34. The number of ether oxygens (including phenoxy) is 2. The van der Waals surface area contributed by atoms with E-state index >= 15 is 0 Å². The second-order valence-electron chi connectivity index (χ2n) is 7.22. The summed E-state index contributed by atoms with van der Waals surface area (Å²) in [6.45, 7) is 0.115. The highest BCUT2D eigenvalue weighted by Gasteiger charge is 2.23. The average molecular weight is 451 g/mol. The SMILES string of the molecule is O=C1Cc2cc(S(=O)(=O)Nc3ccccc3C(=O)Nc3ccc4c(c3)OCO4)ccc2N1. The lowest BCUT2D eigenvalue weighted by Gasteiger charge is -2.13. The van der Waals surface area contributed by atoms with Crippen LogP contribution in [0.5, 0.6) is 11.5 Å². The number of hydrogen-bond acceptors (Lipinski definition) is 6. The third kappa shape index (κ3) is 3.71. The fraction of sp³-hybridized carbons (Fsp3) is 0.0909. The van der Waals surface area contributed by atoms with Crippen molar-refractivity contribution in [3.8, 4) is 11.5 Å². The maximum absolute atomic E-state index is 13.0. The standard InChI is InChI=1S/C22H17N3O6S/c26-21-10-13-9-15(6-7-17(13)24-21)32(28,29)25-18-4-2-1-3-16(18)22(27)23-14-5-8-19-20(11-14)31-12-30-19/h1-9,11,25H,10,12H2,(H,23,27)(H,24,26). The van der Waals surface area contributed by atoms with Gasteiger partial charge in [0.25, 0.3) is 15.9 Å². The molecule has 0 saturated carbocycles. The van der Waals surface area contributed by atoms with Crippen molar-refractivity contribution in [2.45, 2.75) is 11.3 Å². The summed E-state index contributed by atoms with van der Waals surface area (Å²) in [6, 6.07) is 15.7. The third-order valence-corrected chi connectivity index (χ3v) is 6.42. The smallest absolute Gasteiger partial charge is 0.261 e. The number of sulfonamides is 1. The minimum absolute atomic E-state index is 0.00117. The Morgan fingerprint density at radius 3 is 2.66 bits per heavy atom. The van der Waals surface area contributed by atoms with Gasteiger partial charge in [0.15, 0.2) is 11.5 Å². The molecule has 0 fully saturated rings. The Morgan fingerprint density at radius 2 is 1.78 bits per heavy atom. The van der Waals surface area contributed by atoms with Crippen LogP contribution < -0.4 is 24.8 Å². The van der Waals surface area contributed by atoms with Gasteiger partial charge in [-0.1, -0.05) is 12.1 Å². The number of anilines is 3. The quantitative estimate of drug-likeness (QED) is 0.548. The van der Waals surface area contributed by atoms with Crippen LogP contribution in [0.1, 0.15) is 15.9 Å². The van der Waals surface area contributed by atoms with E-state index in [2.05, 4.69) is 15.4 Å². The van der Waals surface area contributed by atoms with Gasteiger partial charge in [-0.15, -0.1) is 0 Å². The molecule has 3 N–H and O–H groups in total. The van der Waals surface area contributed by atoms with Crippen LogP contribution in [0.25, 0.3) is 0 Å². The number of hydrogen-bond donors (Lipinski definition) is 3. The number of rotatable bonds is 5. The maximum Gasteiger partial charge on any atom is 0.261 e. The predicted molar refractivity (Wildman–Crippen MR) is 117 cm³/mol. The van der Waals surface area contributed by atoms with Gasteiger partial charge in [0.05, 0.1) is 22.6 Å². The zero-order valence-electron chi connectivity index (χ0n) is 16.5. The molecule has 0 atom stereocenters. The van der Waals surface area contributed by atoms with Crippen molar-refractivity contribution in [1.82, 2.24) is 0 Å². The molecule has 0 saturated heterocycles. The van der Waals surface area contributed by atoms with Crippen molar-refractivity contribution in [2.24, 2.45) is 0 Å². The Bertz CT molecular complexity index is 1370. The minimum Gasteiger partial charge on any atom is -0.454 e. The van der Waals surface area contributed by atoms with E-state index in [4.69, 9.17) is 9.47 Å². The first kappa shape index (κ1) is 19.9. The summed E-state index contributed by atoms with van der Waals surface area (Å²) in [5.74, 6) is 0.419. The molecule has 10 heteroatoms. The van der Waals surface area contributed by atoms with E-state index in [-0.39, 0.29) is 35.3 Å². The lowest BCUT2D eigenvalue weighted by Crippen LogP contribution is -2.18. The molecule has 162 valence electrons. The van der Waals surface area contributed by atoms with Gasteiger partial charge < -0.3 is 20.1 Å². The molecule has 9 nitrogen and oxygen atoms in total. The number of amides is 2. The van der Waals surface area contributed by atoms with E-state index in [0.717, 1.165) is 0 Å². The topological polar surface area (TPSA) is 123 Å². The van der Waals surface area contributed by atoms with E-state index < -0.39 is 15.9 Å². The third-order valence-electron chi connectivity index (χ3n) is 5.06. The van der Waals surface area contributed by atoms with E-state index in [1.807, 2.05) is 0 Å². The summed E-state index contributed by atoms with van der Waals surface area (Å²) >= 11 is 0. The second kappa shape index (κ2) is 7.57. The van der Waals surface area contributed by atoms with Gasteiger partial charge in [0, 0.05) is 17.4 Å². The van der Waals surface area contributed by atoms with Crippen molar-refractivity contribution in [3.05, 3.63) is 71.8 Å². The number of benzene rings is 3. The molecule has 0 unspecified atom stereocenters. The van der Waals surface area contributed by atoms with Crippen LogP contribution in [0, 0.1) is 0 Å². The number of nitrogens with one attached hydrogen (secondary N) is 3. The Kier molecular flexibility index (Phi) is 4.71. The Morgan fingerprint density at radius 1 is 0.969 bits per heavy atom. The maximum atomic E-state index is 13.0. The Labute approximate surface area is 183 Å². The predicted octanol–water partition coefficient (Wildman–Crippen LogP) is 2.96. The summed E-state index contributed by atoms with van der Waals surface area (Å²) < 4.78 is 39.0. The number of carbonyl (C=O) groups excluding carboxylic acids is 2. The number of para-hydroxylation sites is 1. The molecule has 5 rings (SSSR count). The van der Waals surface area contributed by atoms with Crippen LogP contribution in [0.3, 0.4) is 0 Å². The van der Waals surface area contributed by atoms with Crippen LogP contribution in [-0.4, -0.2) is 27.0 Å². The molecule has 3 aromatic rings. The van der Waals surface area contributed by atoms with E-state index in [9.17, 15) is 18.0 Å². The molecule has 2 heterocycles. The lowest BCUT2D eigenvalue weighted by molar-refractivity contribution is -0.115. The van der Waals surface area contributed by atoms with Crippen molar-refractivity contribution in [2.75, 3.05) is 22.1 Å². The van der Waals surface area contributed by atoms with Crippen molar-refractivity contribution in [3.63, 3.8) is 0 Å². The van der Waals surface area contributed by atoms with Gasteiger partial charge in [-0.3, -0.25) is 14.3 Å². The normalized spacial score (nSPS) is 13.9. The fourth-order valence-corrected chi connectivity index (χ4v) is 4.65. The van der Waals surface area contributed by atoms with E-state index in [0.29, 0.717) is 28.4 Å². The molecule has 0 bridgehead atoms. The molecule has 2 amide bonds. The average Bonchev–Trinajstić information content (AvgIpc) is 3.38. The molecule has 0 aromatic heterocycles. The van der Waals surface area contributed by atoms with Crippen LogP contribution in [0.4, 0.5) is 17.1 Å². The zero-order chi connectivity index (χ0) is 22.3. The monoisotopic (exact) mass is 451 g/mol. The molecule has 3 aromatic carbocycles. The van der Waals surface area contributed by atoms with E-state index in [1.54, 1.807) is 36.4 Å². The zero-order valence-corrected chi connectivity index (χ0v) is 17.4. The van der Waals surface area contributed by atoms with Crippen molar-refractivity contribution >= 4 is 38.9 Å². The molecule has 0 aliphatic carbocycles. The molecular formula is C22H17N3O6S. The van der Waals surface area contributed by atoms with Gasteiger partial charge in [0.2, 0.25) is 12.7 Å². The highest BCUT2D eigenvalue weighted by molar-refractivity contribution is 7.92. The molecule has 2 aliphatic heterocycles. The first-order chi connectivity index (χ1) is 15.4. The molecule has 32 heavy (non-hydrogen) atoms. The van der Waals surface area contributed by atoms with Crippen LogP contribution in [0.15, 0.2) is 65.6 Å². The van der Waals surface area contributed by atoms with Crippen LogP contribution in [0.2, 0.25) is 0 Å². The second-order valence-corrected chi connectivity index (χ2v) is 8.90. The van der Waals surface area contributed by atoms with E-state index in [1.165, 1.54) is 24.3 Å². The first-order valence-corrected chi connectivity index (χ1v) is 11.1. The van der Waals surface area contributed by atoms with Gasteiger partial charge >= 0.3 is 0 Å². The Balaban J connectivity index is 1.39. The number of carbonyl (C=O) groups is 2. The summed E-state index contributed by atoms with van der Waals surface area (Å²) in [6.07, 6.45) is 0.118. The van der Waals surface area contributed by atoms with Gasteiger partial charge in [-0.05, 0) is 48.0 Å². The van der Waals surface area contributed by atoms with Gasteiger partial charge in [-0.2, -0.15) is 0 Å². The lowest BCUT2D eigenvalue weighted by atomic mass is 10.1. The van der Waals surface area contributed by atoms with Gasteiger partial charge in [0.1, 0.15) is 0 Å². The fourth-order valence-electron chi connectivity index (χ4n) is 3.52. The summed E-state index contributed by atoms with van der Waals surface area (Å²) in [4.78, 5) is 24.4. The van der Waals surface area contributed by atoms with Gasteiger partial charge in [-0.25, -0.2) is 8.42 Å². The van der Waals surface area contributed by atoms with Crippen molar-refractivity contribution in [1.29, 1.82) is 0 Å². The summed E-state index contributed by atoms with van der Waals surface area (Å²) in [5.41, 5.74) is 1.95. The largest absolute Gasteiger partial charge is 0.454 e. The molecule has 2 aliphatic rings. The van der Waals surface area contributed by atoms with Crippen LogP contribution in [-0.2, 0) is 21.2 Å². The molecule has 0 spiro atoms.